The summed E-state index contributed by atoms with van der Waals surface area (Å²) >= 11 is 0. The molecule has 0 aromatic heterocycles. The van der Waals surface area contributed by atoms with E-state index in [4.69, 9.17) is 14.7 Å². The Balaban J connectivity index is 1.99. The van der Waals surface area contributed by atoms with E-state index in [2.05, 4.69) is 17.9 Å². The number of Topliss-reactive ketones (excluding diaryl/α,β-unsaturated/α-hetero) is 1. The van der Waals surface area contributed by atoms with Crippen molar-refractivity contribution >= 4 is 5.78 Å². The van der Waals surface area contributed by atoms with E-state index in [1.807, 2.05) is 6.08 Å². The molecular formula is C15H18O5. The van der Waals surface area contributed by atoms with Crippen LogP contribution in [0.2, 0.25) is 0 Å². The first-order chi connectivity index (χ1) is 9.77. The van der Waals surface area contributed by atoms with E-state index < -0.39 is 6.10 Å². The molecule has 0 radical (unpaired) electrons. The Bertz CT molecular complexity index is 495. The van der Waals surface area contributed by atoms with Crippen molar-refractivity contribution in [3.63, 3.8) is 0 Å². The molecule has 0 saturated heterocycles. The van der Waals surface area contributed by atoms with Gasteiger partial charge in [0.25, 0.3) is 0 Å². The van der Waals surface area contributed by atoms with Gasteiger partial charge in [-0.25, -0.2) is 5.26 Å². The van der Waals surface area contributed by atoms with Crippen LogP contribution >= 0.6 is 0 Å². The number of rotatable bonds is 6. The molecule has 1 atom stereocenters. The molecule has 108 valence electrons. The van der Waals surface area contributed by atoms with E-state index in [9.17, 15) is 4.79 Å². The Morgan fingerprint density at radius 2 is 2.30 bits per heavy atom. The third-order valence-electron chi connectivity index (χ3n) is 3.02. The zero-order valence-electron chi connectivity index (χ0n) is 11.4. The summed E-state index contributed by atoms with van der Waals surface area (Å²) in [7, 11) is 0. The summed E-state index contributed by atoms with van der Waals surface area (Å²) in [5, 5.41) is 8.74. The standard InChI is InChI=1S/C15H18O5/c1-2-3-4-5-9-18-13-10-19-15-11(14(13)16)7-6-8-12(15)20-17/h3-4,6-8,13,17H,2,5,9-10H2,1H3. The van der Waals surface area contributed by atoms with Gasteiger partial charge < -0.3 is 14.4 Å². The van der Waals surface area contributed by atoms with Crippen LogP contribution in [0, 0.1) is 0 Å². The second-order valence-corrected chi connectivity index (χ2v) is 4.43. The molecule has 1 aromatic carbocycles. The highest BCUT2D eigenvalue weighted by Crippen LogP contribution is 2.34. The molecule has 1 aromatic rings. The normalized spacial score (nSPS) is 17.9. The van der Waals surface area contributed by atoms with E-state index in [-0.39, 0.29) is 23.9 Å². The number of para-hydroxylation sites is 1. The van der Waals surface area contributed by atoms with Crippen LogP contribution in [0.3, 0.4) is 0 Å². The van der Waals surface area contributed by atoms with Gasteiger partial charge in [-0.15, -0.1) is 0 Å². The van der Waals surface area contributed by atoms with Gasteiger partial charge >= 0.3 is 0 Å². The van der Waals surface area contributed by atoms with Gasteiger partial charge in [0.15, 0.2) is 17.6 Å². The van der Waals surface area contributed by atoms with E-state index >= 15 is 0 Å². The van der Waals surface area contributed by atoms with Crippen molar-refractivity contribution in [2.24, 2.45) is 0 Å². The first-order valence-electron chi connectivity index (χ1n) is 6.66. The highest BCUT2D eigenvalue weighted by molar-refractivity contribution is 6.03. The van der Waals surface area contributed by atoms with Crippen LogP contribution in [0.5, 0.6) is 11.5 Å². The maximum atomic E-state index is 12.2. The zero-order valence-corrected chi connectivity index (χ0v) is 11.4. The van der Waals surface area contributed by atoms with Gasteiger partial charge in [0.05, 0.1) is 12.2 Å². The molecule has 0 aliphatic carbocycles. The number of hydrogen-bond donors (Lipinski definition) is 1. The molecule has 1 aliphatic heterocycles. The van der Waals surface area contributed by atoms with Gasteiger partial charge in [0.2, 0.25) is 5.75 Å². The number of hydrogen-bond acceptors (Lipinski definition) is 5. The molecule has 5 heteroatoms. The summed E-state index contributed by atoms with van der Waals surface area (Å²) in [5.74, 6) is 0.260. The minimum absolute atomic E-state index is 0.129. The molecule has 20 heavy (non-hydrogen) atoms. The van der Waals surface area contributed by atoms with Crippen molar-refractivity contribution in [2.45, 2.75) is 25.9 Å². The maximum absolute atomic E-state index is 12.2. The summed E-state index contributed by atoms with van der Waals surface area (Å²) in [6.45, 7) is 2.67. The van der Waals surface area contributed by atoms with Crippen molar-refractivity contribution < 1.29 is 24.4 Å². The van der Waals surface area contributed by atoms with Crippen LogP contribution in [-0.4, -0.2) is 30.4 Å². The van der Waals surface area contributed by atoms with Crippen LogP contribution in [0.25, 0.3) is 0 Å². The molecule has 5 nitrogen and oxygen atoms in total. The largest absolute Gasteiger partial charge is 0.486 e. The lowest BCUT2D eigenvalue weighted by Crippen LogP contribution is -2.35. The second-order valence-electron chi connectivity index (χ2n) is 4.43. The molecule has 0 amide bonds. The third kappa shape index (κ3) is 3.18. The highest BCUT2D eigenvalue weighted by Gasteiger charge is 2.31. The number of fused-ring (bicyclic) bond motifs is 1. The first-order valence-corrected chi connectivity index (χ1v) is 6.66. The van der Waals surface area contributed by atoms with Crippen molar-refractivity contribution in [1.82, 2.24) is 0 Å². The van der Waals surface area contributed by atoms with Crippen LogP contribution < -0.4 is 9.62 Å². The van der Waals surface area contributed by atoms with Crippen LogP contribution in [0.4, 0.5) is 0 Å². The molecule has 0 bridgehead atoms. The van der Waals surface area contributed by atoms with Crippen molar-refractivity contribution in [3.8, 4) is 11.5 Å². The minimum atomic E-state index is -0.605. The topological polar surface area (TPSA) is 65.0 Å². The van der Waals surface area contributed by atoms with E-state index in [1.54, 1.807) is 12.1 Å². The van der Waals surface area contributed by atoms with Crippen LogP contribution in [0.15, 0.2) is 30.4 Å². The highest BCUT2D eigenvalue weighted by atomic mass is 17.1. The smallest absolute Gasteiger partial charge is 0.207 e. The molecular weight excluding hydrogens is 260 g/mol. The number of carbonyl (C=O) groups is 1. The molecule has 0 saturated carbocycles. The zero-order chi connectivity index (χ0) is 14.4. The fraction of sp³-hybridized carbons (Fsp3) is 0.400. The average molecular weight is 278 g/mol. The van der Waals surface area contributed by atoms with Gasteiger partial charge in [-0.1, -0.05) is 25.1 Å². The average Bonchev–Trinajstić information content (AvgIpc) is 2.48. The Morgan fingerprint density at radius 3 is 3.05 bits per heavy atom. The van der Waals surface area contributed by atoms with Crippen LogP contribution in [0.1, 0.15) is 30.1 Å². The summed E-state index contributed by atoms with van der Waals surface area (Å²) in [6.07, 6.45) is 5.24. The Hall–Kier alpha value is -1.85. The third-order valence-corrected chi connectivity index (χ3v) is 3.02. The monoisotopic (exact) mass is 278 g/mol. The van der Waals surface area contributed by atoms with E-state index in [0.29, 0.717) is 12.2 Å². The maximum Gasteiger partial charge on any atom is 0.207 e. The summed E-state index contributed by atoms with van der Waals surface area (Å²) in [5.41, 5.74) is 0.372. The molecule has 1 unspecified atom stereocenters. The molecule has 1 aliphatic rings. The fourth-order valence-corrected chi connectivity index (χ4v) is 2.03. The number of allylic oxidation sites excluding steroid dienone is 1. The summed E-state index contributed by atoms with van der Waals surface area (Å²) < 4.78 is 11.0. The van der Waals surface area contributed by atoms with Crippen LogP contribution in [-0.2, 0) is 4.74 Å². The lowest BCUT2D eigenvalue weighted by atomic mass is 10.0. The fourth-order valence-electron chi connectivity index (χ4n) is 2.03. The minimum Gasteiger partial charge on any atom is -0.486 e. The molecule has 0 fully saturated rings. The Labute approximate surface area is 117 Å². The van der Waals surface area contributed by atoms with Gasteiger partial charge in [-0.3, -0.25) is 4.79 Å². The van der Waals surface area contributed by atoms with Crippen molar-refractivity contribution in [1.29, 1.82) is 0 Å². The Morgan fingerprint density at radius 1 is 1.45 bits per heavy atom. The molecule has 2 rings (SSSR count). The Kier molecular flexibility index (Phi) is 5.15. The van der Waals surface area contributed by atoms with E-state index in [0.717, 1.165) is 12.8 Å². The summed E-state index contributed by atoms with van der Waals surface area (Å²) in [6, 6.07) is 4.79. The quantitative estimate of drug-likeness (QED) is 0.375. The van der Waals surface area contributed by atoms with Gasteiger partial charge in [-0.05, 0) is 25.0 Å². The van der Waals surface area contributed by atoms with Crippen molar-refractivity contribution in [2.75, 3.05) is 13.2 Å². The number of ketones is 1. The number of ether oxygens (including phenoxy) is 2. The predicted molar refractivity (Wildman–Crippen MR) is 73.3 cm³/mol. The number of benzene rings is 1. The van der Waals surface area contributed by atoms with Gasteiger partial charge in [-0.2, -0.15) is 0 Å². The lowest BCUT2D eigenvalue weighted by molar-refractivity contribution is -0.139. The van der Waals surface area contributed by atoms with E-state index in [1.165, 1.54) is 6.07 Å². The lowest BCUT2D eigenvalue weighted by Gasteiger charge is -2.24. The molecule has 0 spiro atoms. The second kappa shape index (κ2) is 7.07. The number of carbonyl (C=O) groups excluding carboxylic acids is 1. The van der Waals surface area contributed by atoms with Gasteiger partial charge in [0, 0.05) is 0 Å². The van der Waals surface area contributed by atoms with Crippen molar-refractivity contribution in [3.05, 3.63) is 35.9 Å². The predicted octanol–water partition coefficient (Wildman–Crippen LogP) is 2.86. The van der Waals surface area contributed by atoms with Gasteiger partial charge in [0.1, 0.15) is 6.61 Å². The molecule has 1 N–H and O–H groups in total. The molecule has 1 heterocycles. The summed E-state index contributed by atoms with van der Waals surface area (Å²) in [4.78, 5) is 16.4. The SMILES string of the molecule is CCC=CCCOC1COc2c(OO)cccc2C1=O. The first kappa shape index (κ1) is 14.6.